The van der Waals surface area contributed by atoms with E-state index in [0.29, 0.717) is 31.5 Å². The van der Waals surface area contributed by atoms with Gasteiger partial charge in [-0.3, -0.25) is 0 Å². The number of benzene rings is 1. The fourth-order valence-corrected chi connectivity index (χ4v) is 2.72. The SMILES string of the molecule is N#CC(=C1CCN(O)CC1)c1ccc(F)cc1.OC1CC[N-]CC1.[Y]. The molecule has 0 atom stereocenters. The Balaban J connectivity index is 0.000000330. The first kappa shape index (κ1) is 22.4. The van der Waals surface area contributed by atoms with Gasteiger partial charge >= 0.3 is 0 Å². The third-order valence-electron chi connectivity index (χ3n) is 4.18. The Morgan fingerprint density at radius 3 is 2.16 bits per heavy atom. The Labute approximate surface area is 173 Å². The van der Waals surface area contributed by atoms with Crippen LogP contribution in [0, 0.1) is 17.1 Å². The van der Waals surface area contributed by atoms with Crippen molar-refractivity contribution in [1.82, 2.24) is 5.06 Å². The van der Waals surface area contributed by atoms with Gasteiger partial charge in [0.1, 0.15) is 5.82 Å². The number of hydroxylamine groups is 2. The topological polar surface area (TPSA) is 81.6 Å². The van der Waals surface area contributed by atoms with Crippen LogP contribution >= 0.6 is 0 Å². The second-order valence-electron chi connectivity index (χ2n) is 5.95. The van der Waals surface area contributed by atoms with Gasteiger partial charge in [-0.05, 0) is 49.0 Å². The summed E-state index contributed by atoms with van der Waals surface area (Å²) in [5.41, 5.74) is 2.39. The maximum absolute atomic E-state index is 12.8. The predicted octanol–water partition coefficient (Wildman–Crippen LogP) is 3.10. The van der Waals surface area contributed by atoms with Crippen molar-refractivity contribution < 1.29 is 47.4 Å². The number of rotatable bonds is 1. The number of nitrogens with zero attached hydrogens (tertiary/aromatic N) is 3. The molecule has 25 heavy (non-hydrogen) atoms. The van der Waals surface area contributed by atoms with Gasteiger partial charge in [0.25, 0.3) is 0 Å². The molecule has 0 aromatic heterocycles. The molecule has 2 heterocycles. The summed E-state index contributed by atoms with van der Waals surface area (Å²) in [6, 6.07) is 8.13. The first-order valence-corrected chi connectivity index (χ1v) is 8.23. The summed E-state index contributed by atoms with van der Waals surface area (Å²) in [6.45, 7) is 2.81. The van der Waals surface area contributed by atoms with E-state index in [1.54, 1.807) is 12.1 Å². The van der Waals surface area contributed by atoms with Crippen molar-refractivity contribution in [2.45, 2.75) is 31.8 Å². The van der Waals surface area contributed by atoms with Crippen LogP contribution in [0.4, 0.5) is 4.39 Å². The molecule has 2 N–H and O–H groups in total. The van der Waals surface area contributed by atoms with E-state index < -0.39 is 0 Å². The summed E-state index contributed by atoms with van der Waals surface area (Å²) in [5, 5.41) is 32.6. The molecule has 0 amide bonds. The zero-order valence-corrected chi connectivity index (χ0v) is 17.1. The number of hydrogen-bond acceptors (Lipinski definition) is 4. The predicted molar refractivity (Wildman–Crippen MR) is 89.9 cm³/mol. The van der Waals surface area contributed by atoms with E-state index in [1.807, 2.05) is 0 Å². The van der Waals surface area contributed by atoms with Gasteiger partial charge in [-0.2, -0.15) is 10.3 Å². The summed E-state index contributed by atoms with van der Waals surface area (Å²) >= 11 is 0. The molecule has 2 saturated heterocycles. The molecule has 133 valence electrons. The van der Waals surface area contributed by atoms with Crippen LogP contribution in [-0.2, 0) is 32.7 Å². The molecule has 5 nitrogen and oxygen atoms in total. The summed E-state index contributed by atoms with van der Waals surface area (Å²) in [5.74, 6) is -0.304. The number of allylic oxidation sites excluding steroid dienone is 1. The quantitative estimate of drug-likeness (QED) is 0.683. The second-order valence-corrected chi connectivity index (χ2v) is 5.95. The van der Waals surface area contributed by atoms with E-state index in [1.165, 1.54) is 17.2 Å². The number of nitriles is 1. The van der Waals surface area contributed by atoms with Crippen molar-refractivity contribution in [3.63, 3.8) is 0 Å². The summed E-state index contributed by atoms with van der Waals surface area (Å²) in [7, 11) is 0. The number of aliphatic hydroxyl groups excluding tert-OH is 1. The zero-order valence-electron chi connectivity index (χ0n) is 14.2. The van der Waals surface area contributed by atoms with E-state index in [9.17, 15) is 14.9 Å². The van der Waals surface area contributed by atoms with Crippen molar-refractivity contribution in [2.75, 3.05) is 26.2 Å². The molecule has 0 spiro atoms. The monoisotopic (exact) mass is 421 g/mol. The van der Waals surface area contributed by atoms with E-state index in [4.69, 9.17) is 5.11 Å². The average Bonchev–Trinajstić information content (AvgIpc) is 2.60. The smallest absolute Gasteiger partial charge is 0.123 e. The standard InChI is InChI=1S/C13H13FN2O.C5H10NO.Y/c14-12-3-1-10(2-4-12)13(9-15)11-5-7-16(17)8-6-11;7-5-1-3-6-4-2-5;/h1-4,17H,5-8H2;5,7H,1-4H2;/q;-1;. The molecule has 0 aliphatic carbocycles. The minimum Gasteiger partial charge on any atom is -0.662 e. The Hall–Kier alpha value is -0.676. The molecule has 0 bridgehead atoms. The minimum absolute atomic E-state index is 0. The first-order valence-electron chi connectivity index (χ1n) is 8.23. The summed E-state index contributed by atoms with van der Waals surface area (Å²) < 4.78 is 12.8. The Bertz CT molecular complexity index is 585. The Kier molecular flexibility index (Phi) is 10.6. The van der Waals surface area contributed by atoms with Crippen LogP contribution in [0.2, 0.25) is 0 Å². The number of aliphatic hydroxyl groups is 1. The van der Waals surface area contributed by atoms with Crippen LogP contribution in [0.15, 0.2) is 29.8 Å². The maximum Gasteiger partial charge on any atom is 0.123 e. The fourth-order valence-electron chi connectivity index (χ4n) is 2.72. The van der Waals surface area contributed by atoms with Gasteiger partial charge < -0.3 is 15.6 Å². The molecule has 7 heteroatoms. The van der Waals surface area contributed by atoms with Crippen LogP contribution < -0.4 is 0 Å². The summed E-state index contributed by atoms with van der Waals surface area (Å²) in [4.78, 5) is 0. The van der Waals surface area contributed by atoms with Crippen LogP contribution in [0.5, 0.6) is 0 Å². The number of piperidine rings is 2. The molecule has 1 aromatic carbocycles. The van der Waals surface area contributed by atoms with Gasteiger partial charge in [-0.1, -0.05) is 12.1 Å². The van der Waals surface area contributed by atoms with Gasteiger partial charge in [0, 0.05) is 45.8 Å². The normalized spacial score (nSPS) is 18.4. The van der Waals surface area contributed by atoms with Crippen LogP contribution in [0.3, 0.4) is 0 Å². The molecule has 2 aliphatic rings. The minimum atomic E-state index is -0.304. The maximum atomic E-state index is 12.8. The molecule has 1 aromatic rings. The summed E-state index contributed by atoms with van der Waals surface area (Å²) in [6.07, 6.45) is 3.05. The van der Waals surface area contributed by atoms with E-state index >= 15 is 0 Å². The molecule has 0 unspecified atom stereocenters. The van der Waals surface area contributed by atoms with Gasteiger partial charge in [-0.25, -0.2) is 4.39 Å². The van der Waals surface area contributed by atoms with Crippen molar-refractivity contribution >= 4 is 5.57 Å². The largest absolute Gasteiger partial charge is 0.662 e. The Morgan fingerprint density at radius 1 is 1.16 bits per heavy atom. The van der Waals surface area contributed by atoms with Crippen LogP contribution in [0.25, 0.3) is 10.9 Å². The number of halogens is 1. The molecular weight excluding hydrogens is 398 g/mol. The van der Waals surface area contributed by atoms with Crippen LogP contribution in [0.1, 0.15) is 31.2 Å². The Morgan fingerprint density at radius 2 is 1.72 bits per heavy atom. The van der Waals surface area contributed by atoms with Crippen LogP contribution in [-0.4, -0.2) is 47.7 Å². The van der Waals surface area contributed by atoms with Gasteiger partial charge in [-0.15, -0.1) is 13.1 Å². The molecule has 0 saturated carbocycles. The zero-order chi connectivity index (χ0) is 17.4. The first-order chi connectivity index (χ1) is 11.6. The average molecular weight is 421 g/mol. The van der Waals surface area contributed by atoms with Gasteiger partial charge in [0.2, 0.25) is 0 Å². The van der Waals surface area contributed by atoms with E-state index in [-0.39, 0.29) is 44.6 Å². The molecule has 2 fully saturated rings. The second kappa shape index (κ2) is 11.8. The molecule has 2 aliphatic heterocycles. The molecule has 1 radical (unpaired) electrons. The van der Waals surface area contributed by atoms with Crippen molar-refractivity contribution in [3.05, 3.63) is 46.5 Å². The van der Waals surface area contributed by atoms with Crippen molar-refractivity contribution in [3.8, 4) is 6.07 Å². The third-order valence-corrected chi connectivity index (χ3v) is 4.18. The van der Waals surface area contributed by atoms with Gasteiger partial charge in [0.15, 0.2) is 0 Å². The third kappa shape index (κ3) is 7.61. The fraction of sp³-hybridized carbons (Fsp3) is 0.500. The van der Waals surface area contributed by atoms with Gasteiger partial charge in [0.05, 0.1) is 17.7 Å². The molecular formula is C18H23FN3O2Y-. The van der Waals surface area contributed by atoms with E-state index in [0.717, 1.165) is 37.1 Å². The van der Waals surface area contributed by atoms with Crippen molar-refractivity contribution in [1.29, 1.82) is 5.26 Å². The molecule has 3 rings (SSSR count). The van der Waals surface area contributed by atoms with E-state index in [2.05, 4.69) is 11.4 Å². The number of hydrogen-bond donors (Lipinski definition) is 2. The van der Waals surface area contributed by atoms with Crippen molar-refractivity contribution in [2.24, 2.45) is 0 Å².